The number of aromatic amines is 1. The molecule has 16 N–H and O–H groups in total. The Labute approximate surface area is 789 Å². The van der Waals surface area contributed by atoms with Crippen LogP contribution in [0.15, 0.2) is 229 Å². The topological polar surface area (TPSA) is 473 Å². The number of benzene rings is 6. The summed E-state index contributed by atoms with van der Waals surface area (Å²) in [6, 6.07) is 47.7. The molecular formula is C105H97F3N22O8. The second-order valence-corrected chi connectivity index (χ2v) is 35.4. The molecule has 5 saturated carbocycles. The number of hydrogen-bond donors (Lipinski definition) is 11. The molecular weight excluding hydrogens is 1750 g/mol. The maximum absolute atomic E-state index is 13.1. The molecule has 10 atom stereocenters. The van der Waals surface area contributed by atoms with Gasteiger partial charge in [0.15, 0.2) is 0 Å². The van der Waals surface area contributed by atoms with Crippen LogP contribution in [-0.4, -0.2) is 111 Å². The van der Waals surface area contributed by atoms with Gasteiger partial charge in [-0.3, -0.25) is 33.6 Å². The van der Waals surface area contributed by atoms with Gasteiger partial charge < -0.3 is 79.0 Å². The number of H-pyrrole nitrogens is 1. The minimum absolute atomic E-state index is 0.112. The van der Waals surface area contributed by atoms with Gasteiger partial charge in [-0.2, -0.15) is 10.5 Å². The Morgan fingerprint density at radius 3 is 1.17 bits per heavy atom. The molecule has 10 heterocycles. The van der Waals surface area contributed by atoms with Gasteiger partial charge in [0.2, 0.25) is 35.4 Å². The number of aryl methyl sites for hydroxylation is 5. The standard InChI is InChI=1S/C23H23N5O.C22H17N5O.3C20H19FN4O2/c1-4-14-6-5-13(2)28(3)22(14)16-7-15-10-21(26-12-19(15)20(25)9-16)27-23(29)18-8-17(18)11-24;23-10-14-7-17(14)22(28)27-21-9-13-6-12(8-19(24)18(13)11-26-21)15-2-1-3-20-16(15)4-5-25-20;1-10-13(3-4-19(24-10)27-2)11-5-12-7-18(23-9-15(12)17(22)6-11)25-20(26)14-8-16(14)21;2*1-10-3-4-25(2)20(27)18(10)12-5-11-7-17(23-9-14(11)16(22)6-12)24-19(26)13-8-15(13)21/h5-7,9-10,12,17-18H,2,4,8,25H2,1,3H3,(H,26,27,29);1-6,8-9,11,14,17,25H,7,24H2,(H,26,27,28);3-7,9,14,16H,8,22H2,1-2H3,(H,23,25,26);2*3-7,9,13,15H,8,22H2,1-2H3,(H,23,24,26)/t17-,18+;14-,17+;14-,16+;13-,15+;13-,15-/m01111/s1. The lowest BCUT2D eigenvalue weighted by atomic mass is 9.96. The van der Waals surface area contributed by atoms with E-state index in [0.717, 1.165) is 127 Å². The average Bonchev–Trinajstić information content (AvgIpc) is 1.75. The number of ether oxygens (including phenoxy) is 1. The Morgan fingerprint density at radius 1 is 0.464 bits per heavy atom. The van der Waals surface area contributed by atoms with Crippen LogP contribution in [0, 0.1) is 84.9 Å². The molecule has 1 aliphatic heterocycles. The van der Waals surface area contributed by atoms with Gasteiger partial charge in [-0.25, -0.2) is 43.1 Å². The van der Waals surface area contributed by atoms with Gasteiger partial charge in [-0.05, 0) is 258 Å². The summed E-state index contributed by atoms with van der Waals surface area (Å²) in [5, 5.41) is 40.6. The fourth-order valence-corrected chi connectivity index (χ4v) is 17.0. The Kier molecular flexibility index (Phi) is 25.6. The smallest absolute Gasteiger partial charge is 0.258 e. The highest BCUT2D eigenvalue weighted by molar-refractivity contribution is 6.07. The third-order valence-electron chi connectivity index (χ3n) is 25.6. The number of nitrogens with two attached hydrogens (primary N) is 5. The number of nitrogen functional groups attached to an aromatic ring is 5. The molecule has 30 nitrogen and oxygen atoms in total. The first kappa shape index (κ1) is 92.7. The number of fused-ring (bicyclic) bond motifs is 6. The number of allylic oxidation sites excluding steroid dienone is 3. The highest BCUT2D eigenvalue weighted by atomic mass is 19.1. The van der Waals surface area contributed by atoms with Crippen molar-refractivity contribution in [1.29, 1.82) is 10.5 Å². The summed E-state index contributed by atoms with van der Waals surface area (Å²) >= 11 is 0. The van der Waals surface area contributed by atoms with Crippen LogP contribution < -0.4 is 71.1 Å². The van der Waals surface area contributed by atoms with Crippen molar-refractivity contribution in [3.8, 4) is 62.5 Å². The number of nitriles is 2. The lowest BCUT2D eigenvalue weighted by Gasteiger charge is -2.29. The second kappa shape index (κ2) is 38.1. The molecule has 6 aliphatic rings. The lowest BCUT2D eigenvalue weighted by Crippen LogP contribution is -2.19. The summed E-state index contributed by atoms with van der Waals surface area (Å²) in [5.74, 6) is -1.42. The largest absolute Gasteiger partial charge is 0.481 e. The molecule has 6 aromatic carbocycles. The molecule has 0 spiro atoms. The minimum atomic E-state index is -1.06. The van der Waals surface area contributed by atoms with Crippen molar-refractivity contribution in [2.24, 2.45) is 55.5 Å². The first-order valence-corrected chi connectivity index (χ1v) is 44.7. The second-order valence-electron chi connectivity index (χ2n) is 35.4. The molecule has 0 saturated heterocycles. The summed E-state index contributed by atoms with van der Waals surface area (Å²) < 4.78 is 47.4. The van der Waals surface area contributed by atoms with Crippen LogP contribution >= 0.6 is 0 Å². The van der Waals surface area contributed by atoms with Crippen molar-refractivity contribution < 1.29 is 41.9 Å². The van der Waals surface area contributed by atoms with E-state index in [2.05, 4.69) is 116 Å². The van der Waals surface area contributed by atoms with E-state index in [1.807, 2.05) is 125 Å². The number of anilines is 10. The number of nitrogens with one attached hydrogen (secondary N) is 6. The zero-order valence-electron chi connectivity index (χ0n) is 76.5. The Hall–Kier alpha value is -17.1. The number of alkyl halides is 3. The third-order valence-corrected chi connectivity index (χ3v) is 25.6. The summed E-state index contributed by atoms with van der Waals surface area (Å²) in [6.45, 7) is 11.9. The SMILES string of the molecule is C=C1C=CC(CC)=C(c2cc(N)c3cnc(NC(=O)[C@@H]4C[C@H]4C#N)cc3c2)N1C.COc1ccc(-c2cc(N)c3cnc(NC(=O)[C@@H]4C[C@@H]4F)cc3c2)c(C)n1.Cc1ccn(C)c(=O)c1-c1cc(N)c2cnc(NC(=O)[C@@H]3C[C@@H]3F)cc2c1.Cc1ccn(C)c(=O)c1-c1cc(N)c2cnc(NC(=O)[C@@H]3C[C@H]3F)cc2c1.N#C[C@H]1C[C@@H]1C(=O)Nc1cc2cc(-c3cccc4[nH]ccc34)cc(N)c2cn1. The third kappa shape index (κ3) is 19.7. The quantitative estimate of drug-likeness (QED) is 0.0377. The number of halogens is 3. The number of carbonyl (C=O) groups is 5. The average molecular weight is 1850 g/mol. The van der Waals surface area contributed by atoms with Crippen molar-refractivity contribution >= 4 is 158 Å². The van der Waals surface area contributed by atoms with Gasteiger partial charge in [-0.1, -0.05) is 31.7 Å². The Morgan fingerprint density at radius 2 is 0.819 bits per heavy atom. The zero-order chi connectivity index (χ0) is 97.7. The maximum atomic E-state index is 13.1. The number of hydrogen-bond acceptors (Lipinski definition) is 22. The summed E-state index contributed by atoms with van der Waals surface area (Å²) in [4.78, 5) is 116. The van der Waals surface area contributed by atoms with Crippen molar-refractivity contribution in [3.63, 3.8) is 0 Å². The molecule has 5 fully saturated rings. The van der Waals surface area contributed by atoms with Crippen LogP contribution in [0.25, 0.3) is 115 Å². The first-order valence-electron chi connectivity index (χ1n) is 44.7. The molecule has 0 unspecified atom stereocenters. The van der Waals surface area contributed by atoms with E-state index in [9.17, 15) is 46.7 Å². The Bertz CT molecular complexity index is 7690. The first-order chi connectivity index (χ1) is 66.2. The molecule has 0 radical (unpaired) electrons. The highest BCUT2D eigenvalue weighted by Crippen LogP contribution is 2.45. The molecule has 15 aromatic rings. The van der Waals surface area contributed by atoms with Crippen LogP contribution in [0.5, 0.6) is 5.88 Å². The van der Waals surface area contributed by atoms with E-state index in [0.29, 0.717) is 98.5 Å². The highest BCUT2D eigenvalue weighted by Gasteiger charge is 2.47. The van der Waals surface area contributed by atoms with Crippen LogP contribution in [0.3, 0.4) is 0 Å². The van der Waals surface area contributed by atoms with Gasteiger partial charge in [0.25, 0.3) is 11.1 Å². The molecule has 21 rings (SSSR count). The van der Waals surface area contributed by atoms with Crippen LogP contribution in [-0.2, 0) is 38.1 Å². The number of rotatable bonds is 17. The maximum Gasteiger partial charge on any atom is 0.258 e. The molecule has 5 amide bonds. The predicted octanol–water partition coefficient (Wildman–Crippen LogP) is 17.2. The van der Waals surface area contributed by atoms with E-state index < -0.39 is 36.3 Å². The van der Waals surface area contributed by atoms with Gasteiger partial charge in [0.05, 0.1) is 77.5 Å². The van der Waals surface area contributed by atoms with E-state index in [-0.39, 0.29) is 83.6 Å². The number of pyridine rings is 8. The molecule has 9 aromatic heterocycles. The van der Waals surface area contributed by atoms with Gasteiger partial charge in [-0.15, -0.1) is 0 Å². The molecule has 696 valence electrons. The van der Waals surface area contributed by atoms with E-state index in [1.54, 1.807) is 101 Å². The zero-order valence-corrected chi connectivity index (χ0v) is 76.5. The fraction of sp³-hybridized carbons (Fsp3) is 0.229. The lowest BCUT2D eigenvalue weighted by molar-refractivity contribution is -0.118. The van der Waals surface area contributed by atoms with Crippen LogP contribution in [0.2, 0.25) is 0 Å². The van der Waals surface area contributed by atoms with E-state index in [1.165, 1.54) is 14.7 Å². The van der Waals surface area contributed by atoms with E-state index in [4.69, 9.17) is 43.9 Å². The van der Waals surface area contributed by atoms with Crippen molar-refractivity contribution in [2.45, 2.75) is 84.7 Å². The summed E-state index contributed by atoms with van der Waals surface area (Å²) in [6.07, 6.45) is 17.3. The summed E-state index contributed by atoms with van der Waals surface area (Å²) in [5.41, 5.74) is 48.0. The molecule has 33 heteroatoms. The van der Waals surface area contributed by atoms with Crippen LogP contribution in [0.4, 0.5) is 70.7 Å². The molecule has 0 bridgehead atoms. The number of nitrogens with zero attached hydrogens (tertiary/aromatic N) is 11. The van der Waals surface area contributed by atoms with Crippen molar-refractivity contribution in [3.05, 3.63) is 262 Å². The van der Waals surface area contributed by atoms with Gasteiger partial charge in [0.1, 0.15) is 47.6 Å². The fourth-order valence-electron chi connectivity index (χ4n) is 17.0. The molecule has 138 heavy (non-hydrogen) atoms. The normalized spacial score (nSPS) is 18.8. The van der Waals surface area contributed by atoms with Crippen molar-refractivity contribution in [1.82, 2.24) is 48.9 Å². The minimum Gasteiger partial charge on any atom is -0.481 e. The number of carbonyl (C=O) groups excluding carboxylic acids is 5. The Balaban J connectivity index is 0.000000119. The van der Waals surface area contributed by atoms with Gasteiger partial charge in [0, 0.05) is 166 Å². The number of likely N-dealkylation sites (N-methyl/N-ethyl adjacent to an activating group) is 1. The molecule has 5 aliphatic carbocycles. The predicted molar refractivity (Wildman–Crippen MR) is 533 cm³/mol. The number of methoxy groups -OCH3 is 1. The number of amides is 5. The summed E-state index contributed by atoms with van der Waals surface area (Å²) in [7, 11) is 6.97. The monoisotopic (exact) mass is 1850 g/mol. The van der Waals surface area contributed by atoms with Crippen molar-refractivity contribution in [2.75, 3.05) is 69.4 Å². The van der Waals surface area contributed by atoms with E-state index >= 15 is 0 Å². The van der Waals surface area contributed by atoms with Crippen LogP contribution in [0.1, 0.15) is 67.8 Å². The number of aromatic nitrogens is 9. The van der Waals surface area contributed by atoms with Gasteiger partial charge >= 0.3 is 0 Å².